The van der Waals surface area contributed by atoms with Gasteiger partial charge in [0, 0.05) is 18.6 Å². The van der Waals surface area contributed by atoms with Crippen LogP contribution in [0.1, 0.15) is 39.5 Å². The van der Waals surface area contributed by atoms with E-state index in [4.69, 9.17) is 5.73 Å². The number of hydrogen-bond donors (Lipinski definition) is 2. The zero-order valence-corrected chi connectivity index (χ0v) is 11.1. The molecular formula is C13H22N2O3. The summed E-state index contributed by atoms with van der Waals surface area (Å²) >= 11 is 0. The van der Waals surface area contributed by atoms with Gasteiger partial charge in [0.05, 0.1) is 11.3 Å². The lowest BCUT2D eigenvalue weighted by atomic mass is 9.85. The van der Waals surface area contributed by atoms with Crippen molar-refractivity contribution in [1.82, 2.24) is 4.90 Å². The Morgan fingerprint density at radius 2 is 2.11 bits per heavy atom. The molecule has 0 saturated carbocycles. The molecule has 2 fully saturated rings. The molecule has 0 aliphatic carbocycles. The highest BCUT2D eigenvalue weighted by Gasteiger charge is 2.53. The zero-order chi connectivity index (χ0) is 13.5. The van der Waals surface area contributed by atoms with Crippen molar-refractivity contribution in [2.45, 2.75) is 51.6 Å². The highest BCUT2D eigenvalue weighted by molar-refractivity contribution is 5.85. The Labute approximate surface area is 107 Å². The molecule has 0 aromatic heterocycles. The lowest BCUT2D eigenvalue weighted by Gasteiger charge is -2.33. The van der Waals surface area contributed by atoms with Gasteiger partial charge in [0.25, 0.3) is 0 Å². The summed E-state index contributed by atoms with van der Waals surface area (Å²) in [6.07, 6.45) is 3.05. The van der Waals surface area contributed by atoms with E-state index in [9.17, 15) is 14.7 Å². The fourth-order valence-electron chi connectivity index (χ4n) is 3.27. The summed E-state index contributed by atoms with van der Waals surface area (Å²) in [5.41, 5.74) is 5.18. The highest BCUT2D eigenvalue weighted by atomic mass is 16.4. The Kier molecular flexibility index (Phi) is 3.36. The summed E-state index contributed by atoms with van der Waals surface area (Å²) in [5.74, 6) is -1.11. The van der Waals surface area contributed by atoms with E-state index in [1.54, 1.807) is 0 Å². The maximum atomic E-state index is 12.6. The Hall–Kier alpha value is -1.10. The van der Waals surface area contributed by atoms with Gasteiger partial charge in [-0.25, -0.2) is 0 Å². The fraction of sp³-hybridized carbons (Fsp3) is 0.846. The zero-order valence-electron chi connectivity index (χ0n) is 11.1. The number of amides is 1. The summed E-state index contributed by atoms with van der Waals surface area (Å²) in [4.78, 5) is 25.6. The molecule has 4 atom stereocenters. The van der Waals surface area contributed by atoms with Gasteiger partial charge in [0.1, 0.15) is 0 Å². The van der Waals surface area contributed by atoms with Crippen LogP contribution in [-0.2, 0) is 9.59 Å². The predicted octanol–water partition coefficient (Wildman–Crippen LogP) is 0.825. The number of nitrogens with two attached hydrogens (primary N) is 1. The molecule has 0 aromatic carbocycles. The van der Waals surface area contributed by atoms with E-state index in [1.165, 1.54) is 0 Å². The van der Waals surface area contributed by atoms with Crippen LogP contribution in [0.3, 0.4) is 0 Å². The molecule has 5 heteroatoms. The van der Waals surface area contributed by atoms with Crippen molar-refractivity contribution in [3.63, 3.8) is 0 Å². The molecule has 0 spiro atoms. The van der Waals surface area contributed by atoms with Gasteiger partial charge < -0.3 is 15.7 Å². The molecule has 2 saturated heterocycles. The van der Waals surface area contributed by atoms with Gasteiger partial charge in [-0.05, 0) is 32.6 Å². The first-order valence-corrected chi connectivity index (χ1v) is 6.70. The highest BCUT2D eigenvalue weighted by Crippen LogP contribution is 2.44. The number of fused-ring (bicyclic) bond motifs is 2. The van der Waals surface area contributed by atoms with Crippen LogP contribution in [0.2, 0.25) is 0 Å². The van der Waals surface area contributed by atoms with Crippen molar-refractivity contribution in [2.75, 3.05) is 6.54 Å². The monoisotopic (exact) mass is 254 g/mol. The molecule has 3 N–H and O–H groups in total. The number of carboxylic acids is 1. The average molecular weight is 254 g/mol. The number of rotatable bonds is 4. The van der Waals surface area contributed by atoms with E-state index < -0.39 is 11.4 Å². The van der Waals surface area contributed by atoms with E-state index in [0.29, 0.717) is 19.4 Å². The molecule has 5 nitrogen and oxygen atoms in total. The van der Waals surface area contributed by atoms with Gasteiger partial charge in [0.15, 0.2) is 0 Å². The number of carbonyl (C=O) groups excluding carboxylic acids is 1. The van der Waals surface area contributed by atoms with Gasteiger partial charge in [0.2, 0.25) is 5.91 Å². The number of aliphatic carboxylic acids is 1. The lowest BCUT2D eigenvalue weighted by Crippen LogP contribution is -2.49. The first kappa shape index (κ1) is 13.3. The van der Waals surface area contributed by atoms with Crippen LogP contribution in [0.5, 0.6) is 0 Å². The van der Waals surface area contributed by atoms with Crippen molar-refractivity contribution >= 4 is 11.9 Å². The topological polar surface area (TPSA) is 83.6 Å². The van der Waals surface area contributed by atoms with E-state index in [-0.39, 0.29) is 23.9 Å². The van der Waals surface area contributed by atoms with E-state index in [1.807, 2.05) is 18.7 Å². The Bertz CT molecular complexity index is 365. The molecule has 2 heterocycles. The fourth-order valence-corrected chi connectivity index (χ4v) is 3.27. The second-order valence-electron chi connectivity index (χ2n) is 5.81. The number of nitrogens with zero attached hydrogens (tertiary/aromatic N) is 1. The number of carboxylic acid groups (broad SMARTS) is 1. The lowest BCUT2D eigenvalue weighted by molar-refractivity contribution is -0.145. The van der Waals surface area contributed by atoms with Crippen LogP contribution in [0, 0.1) is 11.3 Å². The first-order chi connectivity index (χ1) is 8.44. The maximum Gasteiger partial charge on any atom is 0.308 e. The second kappa shape index (κ2) is 4.53. The van der Waals surface area contributed by atoms with Crippen LogP contribution in [0.15, 0.2) is 0 Å². The minimum absolute atomic E-state index is 0.0451. The first-order valence-electron chi connectivity index (χ1n) is 6.70. The minimum atomic E-state index is -0.772. The molecule has 18 heavy (non-hydrogen) atoms. The smallest absolute Gasteiger partial charge is 0.308 e. The van der Waals surface area contributed by atoms with E-state index >= 15 is 0 Å². The van der Waals surface area contributed by atoms with Crippen LogP contribution in [-0.4, -0.2) is 40.5 Å². The molecule has 0 radical (unpaired) electrons. The summed E-state index contributed by atoms with van der Waals surface area (Å²) < 4.78 is 0. The standard InChI is InChI=1S/C13H22N2O3/c1-3-13(2,7-14)12(18)15-8-4-5-10(15)9(6-8)11(16)17/h8-10H,3-7,14H2,1-2H3,(H,16,17). The minimum Gasteiger partial charge on any atom is -0.481 e. The third-order valence-electron chi connectivity index (χ3n) is 4.84. The molecular weight excluding hydrogens is 232 g/mol. The van der Waals surface area contributed by atoms with Crippen molar-refractivity contribution in [3.05, 3.63) is 0 Å². The molecule has 4 unspecified atom stereocenters. The third-order valence-corrected chi connectivity index (χ3v) is 4.84. The Morgan fingerprint density at radius 3 is 2.56 bits per heavy atom. The van der Waals surface area contributed by atoms with Gasteiger partial charge in [-0.1, -0.05) is 6.92 Å². The van der Waals surface area contributed by atoms with Gasteiger partial charge in [-0.3, -0.25) is 9.59 Å². The van der Waals surface area contributed by atoms with Crippen LogP contribution in [0.25, 0.3) is 0 Å². The van der Waals surface area contributed by atoms with Crippen molar-refractivity contribution in [1.29, 1.82) is 0 Å². The molecule has 2 rings (SSSR count). The third kappa shape index (κ3) is 1.81. The summed E-state index contributed by atoms with van der Waals surface area (Å²) in [7, 11) is 0. The quantitative estimate of drug-likeness (QED) is 0.778. The molecule has 2 aliphatic rings. The number of carbonyl (C=O) groups is 2. The van der Waals surface area contributed by atoms with Gasteiger partial charge in [-0.15, -0.1) is 0 Å². The summed E-state index contributed by atoms with van der Waals surface area (Å²) in [5, 5.41) is 9.19. The second-order valence-corrected chi connectivity index (χ2v) is 5.81. The molecule has 1 amide bonds. The van der Waals surface area contributed by atoms with E-state index in [2.05, 4.69) is 0 Å². The Morgan fingerprint density at radius 1 is 1.44 bits per heavy atom. The molecule has 102 valence electrons. The van der Waals surface area contributed by atoms with Crippen LogP contribution >= 0.6 is 0 Å². The van der Waals surface area contributed by atoms with Gasteiger partial charge >= 0.3 is 5.97 Å². The predicted molar refractivity (Wildman–Crippen MR) is 66.9 cm³/mol. The summed E-state index contributed by atoms with van der Waals surface area (Å²) in [6, 6.07) is -0.00144. The average Bonchev–Trinajstić information content (AvgIpc) is 2.94. The molecule has 2 bridgehead atoms. The summed E-state index contributed by atoms with van der Waals surface area (Å²) in [6.45, 7) is 4.15. The van der Waals surface area contributed by atoms with Crippen molar-refractivity contribution in [2.24, 2.45) is 17.1 Å². The normalized spacial score (nSPS) is 33.5. The maximum absolute atomic E-state index is 12.6. The van der Waals surface area contributed by atoms with E-state index in [0.717, 1.165) is 12.8 Å². The van der Waals surface area contributed by atoms with Crippen LogP contribution < -0.4 is 5.73 Å². The van der Waals surface area contributed by atoms with Crippen molar-refractivity contribution in [3.8, 4) is 0 Å². The van der Waals surface area contributed by atoms with Crippen molar-refractivity contribution < 1.29 is 14.7 Å². The molecule has 2 aliphatic heterocycles. The number of hydrogen-bond acceptors (Lipinski definition) is 3. The molecule has 0 aromatic rings. The van der Waals surface area contributed by atoms with Gasteiger partial charge in [-0.2, -0.15) is 0 Å². The Balaban J connectivity index is 2.20. The SMILES string of the molecule is CCC(C)(CN)C(=O)N1C2CCC1C(C(=O)O)C2. The van der Waals surface area contributed by atoms with Crippen LogP contribution in [0.4, 0.5) is 0 Å². The largest absolute Gasteiger partial charge is 0.481 e.